The number of hydrogen-bond donors (Lipinski definition) is 1. The van der Waals surface area contributed by atoms with Gasteiger partial charge in [-0.25, -0.2) is 9.36 Å². The Bertz CT molecular complexity index is 873. The number of aromatic amines is 1. The molecule has 0 bridgehead atoms. The SMILES string of the molecule is CCOCC[Si](C)(C)C.O=C(c1ccc(Cl)cc1)n1cc(I)c(=O)[nH]c1=O. The fourth-order valence-corrected chi connectivity index (χ4v) is 3.15. The second kappa shape index (κ2) is 10.9. The van der Waals surface area contributed by atoms with Gasteiger partial charge in [0.1, 0.15) is 0 Å². The first-order valence-corrected chi connectivity index (χ1v) is 13.6. The summed E-state index contributed by atoms with van der Waals surface area (Å²) in [7, 11) is -0.819. The molecule has 0 aliphatic carbocycles. The Balaban J connectivity index is 0.000000345. The predicted octanol–water partition coefficient (Wildman–Crippen LogP) is 3.84. The van der Waals surface area contributed by atoms with Crippen molar-refractivity contribution < 1.29 is 9.53 Å². The van der Waals surface area contributed by atoms with E-state index in [0.717, 1.165) is 17.8 Å². The monoisotopic (exact) mass is 522 g/mol. The van der Waals surface area contributed by atoms with E-state index in [1.54, 1.807) is 34.7 Å². The lowest BCUT2D eigenvalue weighted by molar-refractivity contribution is 0.0953. The van der Waals surface area contributed by atoms with Crippen LogP contribution in [0, 0.1) is 3.57 Å². The summed E-state index contributed by atoms with van der Waals surface area (Å²) >= 11 is 7.46. The van der Waals surface area contributed by atoms with E-state index in [2.05, 4.69) is 24.6 Å². The van der Waals surface area contributed by atoms with E-state index < -0.39 is 25.2 Å². The van der Waals surface area contributed by atoms with Crippen LogP contribution in [-0.2, 0) is 4.74 Å². The summed E-state index contributed by atoms with van der Waals surface area (Å²) in [5, 5.41) is 0.495. The minimum Gasteiger partial charge on any atom is -0.382 e. The molecule has 0 amide bonds. The molecular weight excluding hydrogens is 499 g/mol. The van der Waals surface area contributed by atoms with Gasteiger partial charge in [-0.3, -0.25) is 14.6 Å². The second-order valence-corrected chi connectivity index (χ2v) is 14.1. The lowest BCUT2D eigenvalue weighted by atomic mass is 10.2. The zero-order chi connectivity index (χ0) is 20.6. The van der Waals surface area contributed by atoms with Gasteiger partial charge in [0.15, 0.2) is 0 Å². The van der Waals surface area contributed by atoms with E-state index in [1.807, 2.05) is 6.92 Å². The Kier molecular flexibility index (Phi) is 9.64. The molecule has 0 saturated carbocycles. The van der Waals surface area contributed by atoms with Crippen LogP contribution in [0.15, 0.2) is 40.1 Å². The summed E-state index contributed by atoms with van der Waals surface area (Å²) in [6.07, 6.45) is 1.21. The number of aromatic nitrogens is 2. The van der Waals surface area contributed by atoms with Gasteiger partial charge in [0, 0.05) is 38.1 Å². The summed E-state index contributed by atoms with van der Waals surface area (Å²) < 4.78 is 6.36. The Hall–Kier alpha value is -1.23. The van der Waals surface area contributed by atoms with Crippen LogP contribution in [0.5, 0.6) is 0 Å². The molecule has 0 saturated heterocycles. The highest BCUT2D eigenvalue weighted by Crippen LogP contribution is 2.10. The van der Waals surface area contributed by atoms with Crippen LogP contribution in [-0.4, -0.2) is 36.7 Å². The maximum absolute atomic E-state index is 12.0. The summed E-state index contributed by atoms with van der Waals surface area (Å²) in [4.78, 5) is 36.8. The van der Waals surface area contributed by atoms with E-state index in [0.29, 0.717) is 10.6 Å². The molecule has 1 aromatic heterocycles. The molecular formula is C18H24ClIN2O4Si. The summed E-state index contributed by atoms with van der Waals surface area (Å²) in [6, 6.07) is 7.41. The Morgan fingerprint density at radius 3 is 2.33 bits per heavy atom. The van der Waals surface area contributed by atoms with Crippen LogP contribution in [0.25, 0.3) is 0 Å². The van der Waals surface area contributed by atoms with Crippen molar-refractivity contribution in [2.75, 3.05) is 13.2 Å². The average molecular weight is 523 g/mol. The molecule has 27 heavy (non-hydrogen) atoms. The fraction of sp³-hybridized carbons (Fsp3) is 0.389. The van der Waals surface area contributed by atoms with E-state index in [9.17, 15) is 14.4 Å². The Morgan fingerprint density at radius 2 is 1.81 bits per heavy atom. The predicted molar refractivity (Wildman–Crippen MR) is 120 cm³/mol. The van der Waals surface area contributed by atoms with Gasteiger partial charge in [0.2, 0.25) is 0 Å². The normalized spacial score (nSPS) is 10.9. The minimum absolute atomic E-state index is 0.259. The van der Waals surface area contributed by atoms with E-state index in [1.165, 1.54) is 24.4 Å². The van der Waals surface area contributed by atoms with Gasteiger partial charge in [-0.2, -0.15) is 0 Å². The molecule has 1 heterocycles. The maximum atomic E-state index is 12.0. The van der Waals surface area contributed by atoms with Crippen molar-refractivity contribution in [3.8, 4) is 0 Å². The summed E-state index contributed by atoms with van der Waals surface area (Å²) in [5.41, 5.74) is -0.967. The molecule has 1 N–H and O–H groups in total. The number of carbonyl (C=O) groups excluding carboxylic acids is 1. The van der Waals surface area contributed by atoms with Gasteiger partial charge in [-0.05, 0) is 59.8 Å². The van der Waals surface area contributed by atoms with Crippen molar-refractivity contribution in [3.63, 3.8) is 0 Å². The molecule has 9 heteroatoms. The molecule has 0 atom stereocenters. The third-order valence-corrected chi connectivity index (χ3v) is 6.13. The van der Waals surface area contributed by atoms with E-state index in [-0.39, 0.29) is 3.57 Å². The lowest BCUT2D eigenvalue weighted by Crippen LogP contribution is -2.35. The molecule has 2 rings (SSSR count). The van der Waals surface area contributed by atoms with Crippen LogP contribution in [0.1, 0.15) is 17.3 Å². The highest BCUT2D eigenvalue weighted by atomic mass is 127. The average Bonchev–Trinajstić information content (AvgIpc) is 2.58. The molecule has 0 aliphatic rings. The van der Waals surface area contributed by atoms with Gasteiger partial charge in [0.25, 0.3) is 11.5 Å². The zero-order valence-electron chi connectivity index (χ0n) is 15.8. The number of H-pyrrole nitrogens is 1. The smallest absolute Gasteiger partial charge is 0.335 e. The van der Waals surface area contributed by atoms with E-state index in [4.69, 9.17) is 16.3 Å². The number of halogens is 2. The number of benzene rings is 1. The van der Waals surface area contributed by atoms with Crippen molar-refractivity contribution in [1.29, 1.82) is 0 Å². The maximum Gasteiger partial charge on any atom is 0.335 e. The van der Waals surface area contributed by atoms with Crippen LogP contribution < -0.4 is 11.2 Å². The molecule has 0 aliphatic heterocycles. The summed E-state index contributed by atoms with van der Waals surface area (Å²) in [5.74, 6) is -0.522. The third-order valence-electron chi connectivity index (χ3n) is 3.41. The first kappa shape index (κ1) is 23.8. The lowest BCUT2D eigenvalue weighted by Gasteiger charge is -2.14. The van der Waals surface area contributed by atoms with Crippen LogP contribution in [0.3, 0.4) is 0 Å². The topological polar surface area (TPSA) is 81.2 Å². The quantitative estimate of drug-likeness (QED) is 0.367. The first-order chi connectivity index (χ1) is 12.5. The van der Waals surface area contributed by atoms with E-state index >= 15 is 0 Å². The minimum atomic E-state index is -0.819. The van der Waals surface area contributed by atoms with Gasteiger partial charge in [-0.1, -0.05) is 31.2 Å². The third kappa shape index (κ3) is 8.54. The molecule has 1 aromatic carbocycles. The van der Waals surface area contributed by atoms with Crippen molar-refractivity contribution in [3.05, 3.63) is 65.5 Å². The number of hydrogen-bond acceptors (Lipinski definition) is 4. The number of nitrogens with zero attached hydrogens (tertiary/aromatic N) is 1. The van der Waals surface area contributed by atoms with Crippen LogP contribution in [0.4, 0.5) is 0 Å². The molecule has 0 radical (unpaired) electrons. The fourth-order valence-electron chi connectivity index (χ4n) is 1.85. The van der Waals surface area contributed by atoms with Crippen molar-refractivity contribution in [1.82, 2.24) is 9.55 Å². The zero-order valence-corrected chi connectivity index (χ0v) is 19.8. The largest absolute Gasteiger partial charge is 0.382 e. The molecule has 0 spiro atoms. The number of ether oxygens (including phenoxy) is 1. The highest BCUT2D eigenvalue weighted by Gasteiger charge is 2.12. The number of nitrogens with one attached hydrogen (secondary N) is 1. The highest BCUT2D eigenvalue weighted by molar-refractivity contribution is 14.1. The van der Waals surface area contributed by atoms with Gasteiger partial charge < -0.3 is 4.74 Å². The molecule has 148 valence electrons. The summed E-state index contributed by atoms with van der Waals surface area (Å²) in [6.45, 7) is 11.0. The van der Waals surface area contributed by atoms with Crippen molar-refractivity contribution in [2.24, 2.45) is 0 Å². The van der Waals surface area contributed by atoms with Crippen molar-refractivity contribution >= 4 is 48.2 Å². The van der Waals surface area contributed by atoms with Crippen LogP contribution >= 0.6 is 34.2 Å². The molecule has 6 nitrogen and oxygen atoms in total. The van der Waals surface area contributed by atoms with Crippen molar-refractivity contribution in [2.45, 2.75) is 32.6 Å². The molecule has 0 unspecified atom stereocenters. The van der Waals surface area contributed by atoms with Gasteiger partial charge in [0.05, 0.1) is 3.57 Å². The standard InChI is InChI=1S/C11H6ClIN2O3.C7H18OSi/c12-7-3-1-6(2-4-7)10(17)15-5-8(13)9(16)14-11(15)18;1-5-8-6-7-9(2,3)4/h1-5H,(H,14,16,18);5-7H2,1-4H3. The number of carbonyl (C=O) groups is 1. The van der Waals surface area contributed by atoms with Crippen LogP contribution in [0.2, 0.25) is 30.7 Å². The first-order valence-electron chi connectivity index (χ1n) is 8.44. The Morgan fingerprint density at radius 1 is 1.22 bits per heavy atom. The van der Waals surface area contributed by atoms with Gasteiger partial charge >= 0.3 is 5.69 Å². The molecule has 0 fully saturated rings. The second-order valence-electron chi connectivity index (χ2n) is 6.93. The Labute approximate surface area is 178 Å². The molecule has 2 aromatic rings. The number of rotatable bonds is 5. The van der Waals surface area contributed by atoms with Gasteiger partial charge in [-0.15, -0.1) is 0 Å².